The lowest BCUT2D eigenvalue weighted by molar-refractivity contribution is 0.283. The number of oxime groups is 1. The average Bonchev–Trinajstić information content (AvgIpc) is 3.19. The van der Waals surface area contributed by atoms with Crippen molar-refractivity contribution in [2.45, 2.75) is 43.9 Å². The van der Waals surface area contributed by atoms with Crippen molar-refractivity contribution in [2.75, 3.05) is 13.1 Å². The molecule has 2 aliphatic carbocycles. The number of benzene rings is 1. The van der Waals surface area contributed by atoms with Crippen molar-refractivity contribution in [3.63, 3.8) is 0 Å². The van der Waals surface area contributed by atoms with Gasteiger partial charge in [-0.1, -0.05) is 29.4 Å². The van der Waals surface area contributed by atoms with Crippen molar-refractivity contribution >= 4 is 6.34 Å². The molecule has 0 spiro atoms. The lowest BCUT2D eigenvalue weighted by Crippen LogP contribution is -2.31. The van der Waals surface area contributed by atoms with Gasteiger partial charge < -0.3 is 10.1 Å². The van der Waals surface area contributed by atoms with Crippen LogP contribution in [0.4, 0.5) is 0 Å². The number of piperidine rings is 1. The molecule has 3 nitrogen and oxygen atoms in total. The van der Waals surface area contributed by atoms with E-state index >= 15 is 0 Å². The molecule has 112 valence electrons. The highest BCUT2D eigenvalue weighted by atomic mass is 16.4. The molecule has 1 aromatic rings. The van der Waals surface area contributed by atoms with Crippen LogP contribution in [0.2, 0.25) is 0 Å². The molecular weight excluding hydrogens is 260 g/mol. The predicted octanol–water partition coefficient (Wildman–Crippen LogP) is 3.80. The zero-order valence-corrected chi connectivity index (χ0v) is 12.5. The van der Waals surface area contributed by atoms with Gasteiger partial charge in [0.25, 0.3) is 0 Å². The lowest BCUT2D eigenvalue weighted by Gasteiger charge is -2.30. The number of hydrogen-bond acceptors (Lipinski definition) is 2. The number of nitrogens with zero attached hydrogens (tertiary/aromatic N) is 2. The molecule has 1 saturated heterocycles. The van der Waals surface area contributed by atoms with Gasteiger partial charge in [-0.15, -0.1) is 0 Å². The summed E-state index contributed by atoms with van der Waals surface area (Å²) >= 11 is 0. The Morgan fingerprint density at radius 3 is 2.29 bits per heavy atom. The molecule has 1 aliphatic heterocycles. The van der Waals surface area contributed by atoms with Crippen LogP contribution in [-0.2, 0) is 0 Å². The third-order valence-electron chi connectivity index (χ3n) is 5.92. The molecule has 0 amide bonds. The second-order valence-electron chi connectivity index (χ2n) is 7.05. The molecule has 2 saturated carbocycles. The molecule has 3 fully saturated rings. The fourth-order valence-electron chi connectivity index (χ4n) is 4.55. The van der Waals surface area contributed by atoms with Crippen LogP contribution in [-0.4, -0.2) is 29.5 Å². The third-order valence-corrected chi connectivity index (χ3v) is 5.92. The van der Waals surface area contributed by atoms with Gasteiger partial charge in [0.15, 0.2) is 0 Å². The Bertz CT molecular complexity index is 517. The van der Waals surface area contributed by atoms with Crippen molar-refractivity contribution in [3.8, 4) is 0 Å². The smallest absolute Gasteiger partial charge is 0.130 e. The highest BCUT2D eigenvalue weighted by Gasteiger charge is 2.48. The van der Waals surface area contributed by atoms with E-state index in [0.29, 0.717) is 5.92 Å². The molecule has 3 atom stereocenters. The molecule has 0 aromatic heterocycles. The summed E-state index contributed by atoms with van der Waals surface area (Å²) in [4.78, 5) is 2.09. The van der Waals surface area contributed by atoms with Gasteiger partial charge in [-0.2, -0.15) is 0 Å². The molecular formula is C18H24N2O. The van der Waals surface area contributed by atoms with Gasteiger partial charge >= 0.3 is 0 Å². The quantitative estimate of drug-likeness (QED) is 0.397. The summed E-state index contributed by atoms with van der Waals surface area (Å²) in [6.45, 7) is 1.98. The maximum Gasteiger partial charge on any atom is 0.130 e. The van der Waals surface area contributed by atoms with E-state index in [-0.39, 0.29) is 0 Å². The number of likely N-dealkylation sites (tertiary alicyclic amines) is 1. The van der Waals surface area contributed by atoms with Crippen LogP contribution in [0, 0.1) is 11.8 Å². The lowest BCUT2D eigenvalue weighted by atomic mass is 9.87. The van der Waals surface area contributed by atoms with E-state index in [9.17, 15) is 0 Å². The largest absolute Gasteiger partial charge is 0.410 e. The summed E-state index contributed by atoms with van der Waals surface area (Å²) in [7, 11) is 0. The minimum atomic E-state index is 0.666. The Kier molecular flexibility index (Phi) is 3.36. The topological polar surface area (TPSA) is 35.8 Å². The van der Waals surface area contributed by atoms with Gasteiger partial charge in [0.2, 0.25) is 0 Å². The Labute approximate surface area is 126 Å². The first kappa shape index (κ1) is 13.2. The second kappa shape index (κ2) is 5.36. The third kappa shape index (κ3) is 2.54. The van der Waals surface area contributed by atoms with Crippen LogP contribution in [0.25, 0.3) is 0 Å². The van der Waals surface area contributed by atoms with Crippen LogP contribution in [0.15, 0.2) is 29.4 Å². The summed E-state index contributed by atoms with van der Waals surface area (Å²) < 4.78 is 0. The van der Waals surface area contributed by atoms with Crippen molar-refractivity contribution in [2.24, 2.45) is 17.0 Å². The molecule has 3 aliphatic rings. The standard InChI is InChI=1S/C18H24N2O/c21-19-12-20-9-7-14(8-10-20)13-1-3-15(4-2-13)17-6-5-16-11-18(16)17/h1-4,12,14,16-18,21H,5-11H2. The van der Waals surface area contributed by atoms with Crippen LogP contribution >= 0.6 is 0 Å². The molecule has 4 rings (SSSR count). The molecule has 3 heteroatoms. The number of hydrogen-bond donors (Lipinski definition) is 1. The Morgan fingerprint density at radius 2 is 1.71 bits per heavy atom. The van der Waals surface area contributed by atoms with Crippen LogP contribution in [0.3, 0.4) is 0 Å². The van der Waals surface area contributed by atoms with Crippen LogP contribution in [0.5, 0.6) is 0 Å². The van der Waals surface area contributed by atoms with E-state index < -0.39 is 0 Å². The summed E-state index contributed by atoms with van der Waals surface area (Å²) in [5, 5.41) is 11.7. The fraction of sp³-hybridized carbons (Fsp3) is 0.611. The van der Waals surface area contributed by atoms with E-state index in [2.05, 4.69) is 34.3 Å². The van der Waals surface area contributed by atoms with Gasteiger partial charge in [0.05, 0.1) is 0 Å². The highest BCUT2D eigenvalue weighted by molar-refractivity contribution is 5.54. The maximum atomic E-state index is 8.59. The van der Waals surface area contributed by atoms with Crippen LogP contribution in [0.1, 0.15) is 55.1 Å². The molecule has 1 heterocycles. The van der Waals surface area contributed by atoms with Crippen molar-refractivity contribution < 1.29 is 5.21 Å². The van der Waals surface area contributed by atoms with Gasteiger partial charge in [0, 0.05) is 13.1 Å². The molecule has 0 bridgehead atoms. The Morgan fingerprint density at radius 1 is 1.00 bits per heavy atom. The summed E-state index contributed by atoms with van der Waals surface area (Å²) in [6.07, 6.45) is 8.21. The Hall–Kier alpha value is -1.51. The maximum absolute atomic E-state index is 8.59. The normalized spacial score (nSPS) is 32.6. The first-order chi connectivity index (χ1) is 10.3. The first-order valence-corrected chi connectivity index (χ1v) is 8.36. The van der Waals surface area contributed by atoms with Crippen molar-refractivity contribution in [1.82, 2.24) is 4.90 Å². The van der Waals surface area contributed by atoms with Crippen molar-refractivity contribution in [1.29, 1.82) is 0 Å². The van der Waals surface area contributed by atoms with E-state index in [4.69, 9.17) is 5.21 Å². The number of rotatable bonds is 3. The average molecular weight is 284 g/mol. The number of fused-ring (bicyclic) bond motifs is 1. The van der Waals surface area contributed by atoms with Gasteiger partial charge in [0.1, 0.15) is 6.34 Å². The first-order valence-electron chi connectivity index (χ1n) is 8.36. The minimum absolute atomic E-state index is 0.666. The van der Waals surface area contributed by atoms with Gasteiger partial charge in [-0.3, -0.25) is 0 Å². The minimum Gasteiger partial charge on any atom is -0.410 e. The van der Waals surface area contributed by atoms with E-state index in [1.54, 1.807) is 11.9 Å². The summed E-state index contributed by atoms with van der Waals surface area (Å²) in [5.74, 6) is 3.59. The highest BCUT2D eigenvalue weighted by Crippen LogP contribution is 2.59. The van der Waals surface area contributed by atoms with E-state index in [1.165, 1.54) is 24.8 Å². The molecule has 0 radical (unpaired) electrons. The monoisotopic (exact) mass is 284 g/mol. The fourth-order valence-corrected chi connectivity index (χ4v) is 4.55. The zero-order chi connectivity index (χ0) is 14.2. The van der Waals surface area contributed by atoms with E-state index in [0.717, 1.165) is 43.7 Å². The molecule has 1 N–H and O–H groups in total. The van der Waals surface area contributed by atoms with Gasteiger partial charge in [-0.05, 0) is 66.9 Å². The molecule has 21 heavy (non-hydrogen) atoms. The van der Waals surface area contributed by atoms with Crippen molar-refractivity contribution in [3.05, 3.63) is 35.4 Å². The van der Waals surface area contributed by atoms with Gasteiger partial charge in [-0.25, -0.2) is 0 Å². The SMILES string of the molecule is ON=CN1CCC(c2ccc(C3CCC4CC43)cc2)CC1. The van der Waals surface area contributed by atoms with Crippen LogP contribution < -0.4 is 0 Å². The molecule has 1 aromatic carbocycles. The summed E-state index contributed by atoms with van der Waals surface area (Å²) in [6, 6.07) is 9.52. The second-order valence-corrected chi connectivity index (χ2v) is 7.05. The zero-order valence-electron chi connectivity index (χ0n) is 12.5. The molecule has 3 unspecified atom stereocenters. The Balaban J connectivity index is 1.40. The summed E-state index contributed by atoms with van der Waals surface area (Å²) in [5.41, 5.74) is 3.07. The predicted molar refractivity (Wildman–Crippen MR) is 83.8 cm³/mol. The van der Waals surface area contributed by atoms with E-state index in [1.807, 2.05) is 0 Å².